The van der Waals surface area contributed by atoms with E-state index in [1.807, 2.05) is 13.1 Å². The number of hydrogen-bond acceptors (Lipinski definition) is 5. The SMILES string of the molecule is C=CC(N)c1cnn2c(NC)cc(Nc3cccc4c3CCCC4)nc12. The molecule has 2 heterocycles. The lowest BCUT2D eigenvalue weighted by molar-refractivity contribution is 0.687. The van der Waals surface area contributed by atoms with E-state index in [1.165, 1.54) is 24.0 Å². The number of nitrogens with two attached hydrogens (primary N) is 1. The van der Waals surface area contributed by atoms with E-state index in [2.05, 4.69) is 40.5 Å². The summed E-state index contributed by atoms with van der Waals surface area (Å²) in [5.74, 6) is 1.63. The van der Waals surface area contributed by atoms with Crippen LogP contribution in [0.2, 0.25) is 0 Å². The van der Waals surface area contributed by atoms with Gasteiger partial charge in [0.1, 0.15) is 11.6 Å². The van der Waals surface area contributed by atoms with Crippen molar-refractivity contribution >= 4 is 23.0 Å². The van der Waals surface area contributed by atoms with Crippen LogP contribution in [-0.4, -0.2) is 21.6 Å². The number of benzene rings is 1. The van der Waals surface area contributed by atoms with Crippen molar-refractivity contribution in [2.24, 2.45) is 5.73 Å². The van der Waals surface area contributed by atoms with Gasteiger partial charge in [-0.1, -0.05) is 18.2 Å². The number of nitrogens with zero attached hydrogens (tertiary/aromatic N) is 3. The summed E-state index contributed by atoms with van der Waals surface area (Å²) in [6.07, 6.45) is 8.22. The maximum Gasteiger partial charge on any atom is 0.164 e. The molecule has 1 atom stereocenters. The van der Waals surface area contributed by atoms with Crippen molar-refractivity contribution in [3.05, 3.63) is 59.8 Å². The maximum absolute atomic E-state index is 6.14. The highest BCUT2D eigenvalue weighted by Gasteiger charge is 2.17. The van der Waals surface area contributed by atoms with Crippen molar-refractivity contribution in [3.63, 3.8) is 0 Å². The number of aryl methyl sites for hydroxylation is 1. The summed E-state index contributed by atoms with van der Waals surface area (Å²) in [6.45, 7) is 3.78. The second-order valence-corrected chi connectivity index (χ2v) is 6.65. The van der Waals surface area contributed by atoms with Gasteiger partial charge in [-0.05, 0) is 42.9 Å². The Labute approximate surface area is 153 Å². The van der Waals surface area contributed by atoms with Gasteiger partial charge in [-0.25, -0.2) is 4.98 Å². The number of fused-ring (bicyclic) bond motifs is 2. The summed E-state index contributed by atoms with van der Waals surface area (Å²) in [4.78, 5) is 4.78. The summed E-state index contributed by atoms with van der Waals surface area (Å²) >= 11 is 0. The standard InChI is InChI=1S/C20H24N6/c1-3-16(21)15-12-23-26-19(22-2)11-18(25-20(15)26)24-17-10-6-8-13-7-4-5-9-14(13)17/h3,6,8,10-12,16,22H,1,4-5,7,9,21H2,2H3,(H,24,25). The number of hydrogen-bond donors (Lipinski definition) is 3. The Morgan fingerprint density at radius 3 is 2.96 bits per heavy atom. The minimum absolute atomic E-state index is 0.301. The minimum atomic E-state index is -0.301. The Balaban J connectivity index is 1.78. The summed E-state index contributed by atoms with van der Waals surface area (Å²) in [6, 6.07) is 8.13. The largest absolute Gasteiger partial charge is 0.373 e. The average molecular weight is 348 g/mol. The molecule has 134 valence electrons. The van der Waals surface area contributed by atoms with E-state index in [-0.39, 0.29) is 6.04 Å². The van der Waals surface area contributed by atoms with Crippen LogP contribution in [0.4, 0.5) is 17.3 Å². The first kappa shape index (κ1) is 16.6. The molecule has 2 aromatic heterocycles. The monoisotopic (exact) mass is 348 g/mol. The molecule has 6 nitrogen and oxygen atoms in total. The fourth-order valence-corrected chi connectivity index (χ4v) is 3.62. The van der Waals surface area contributed by atoms with Gasteiger partial charge >= 0.3 is 0 Å². The highest BCUT2D eigenvalue weighted by Crippen LogP contribution is 2.31. The second-order valence-electron chi connectivity index (χ2n) is 6.65. The molecule has 4 N–H and O–H groups in total. The third-order valence-electron chi connectivity index (χ3n) is 5.03. The van der Waals surface area contributed by atoms with E-state index in [0.717, 1.165) is 41.4 Å². The van der Waals surface area contributed by atoms with Gasteiger partial charge < -0.3 is 16.4 Å². The van der Waals surface area contributed by atoms with Gasteiger partial charge in [-0.15, -0.1) is 6.58 Å². The van der Waals surface area contributed by atoms with E-state index >= 15 is 0 Å². The molecule has 3 aromatic rings. The van der Waals surface area contributed by atoms with Gasteiger partial charge in [-0.3, -0.25) is 0 Å². The van der Waals surface area contributed by atoms with Crippen LogP contribution in [0.3, 0.4) is 0 Å². The first-order valence-corrected chi connectivity index (χ1v) is 9.03. The lowest BCUT2D eigenvalue weighted by Gasteiger charge is -2.20. The van der Waals surface area contributed by atoms with Crippen LogP contribution >= 0.6 is 0 Å². The number of anilines is 3. The average Bonchev–Trinajstić information content (AvgIpc) is 3.11. The number of nitrogens with one attached hydrogen (secondary N) is 2. The van der Waals surface area contributed by atoms with Crippen molar-refractivity contribution in [2.45, 2.75) is 31.7 Å². The molecule has 0 saturated carbocycles. The Kier molecular flexibility index (Phi) is 4.34. The third kappa shape index (κ3) is 2.82. The highest BCUT2D eigenvalue weighted by atomic mass is 15.3. The normalized spacial score (nSPS) is 14.7. The molecule has 0 saturated heterocycles. The maximum atomic E-state index is 6.14. The zero-order chi connectivity index (χ0) is 18.1. The molecular weight excluding hydrogens is 324 g/mol. The Bertz CT molecular complexity index is 958. The van der Waals surface area contributed by atoms with Gasteiger partial charge in [0.25, 0.3) is 0 Å². The van der Waals surface area contributed by atoms with E-state index < -0.39 is 0 Å². The molecule has 0 bridgehead atoms. The van der Waals surface area contributed by atoms with Gasteiger partial charge in [0.05, 0.1) is 12.2 Å². The van der Waals surface area contributed by atoms with Crippen molar-refractivity contribution < 1.29 is 0 Å². The molecule has 0 aliphatic heterocycles. The summed E-state index contributed by atoms with van der Waals surface area (Å²) < 4.78 is 1.77. The smallest absolute Gasteiger partial charge is 0.164 e. The second kappa shape index (κ2) is 6.80. The summed E-state index contributed by atoms with van der Waals surface area (Å²) in [7, 11) is 1.87. The lowest BCUT2D eigenvalue weighted by atomic mass is 9.90. The van der Waals surface area contributed by atoms with Crippen LogP contribution in [0.1, 0.15) is 35.6 Å². The van der Waals surface area contributed by atoms with E-state index in [0.29, 0.717) is 0 Å². The number of aromatic nitrogens is 3. The van der Waals surface area contributed by atoms with Gasteiger partial charge in [-0.2, -0.15) is 9.61 Å². The molecule has 0 spiro atoms. The van der Waals surface area contributed by atoms with Crippen molar-refractivity contribution in [1.82, 2.24) is 14.6 Å². The topological polar surface area (TPSA) is 80.3 Å². The molecule has 1 aliphatic rings. The molecule has 1 aromatic carbocycles. The molecular formula is C20H24N6. The molecule has 1 unspecified atom stereocenters. The molecule has 6 heteroatoms. The van der Waals surface area contributed by atoms with Crippen LogP contribution in [0.15, 0.2) is 43.1 Å². The zero-order valence-electron chi connectivity index (χ0n) is 15.0. The fraction of sp³-hybridized carbons (Fsp3) is 0.300. The van der Waals surface area contributed by atoms with Crippen LogP contribution in [0.5, 0.6) is 0 Å². The van der Waals surface area contributed by atoms with Crippen molar-refractivity contribution in [1.29, 1.82) is 0 Å². The van der Waals surface area contributed by atoms with Gasteiger partial charge in [0, 0.05) is 24.4 Å². The van der Waals surface area contributed by atoms with E-state index in [9.17, 15) is 0 Å². The third-order valence-corrected chi connectivity index (χ3v) is 5.03. The molecule has 0 fully saturated rings. The first-order valence-electron chi connectivity index (χ1n) is 9.03. The van der Waals surface area contributed by atoms with Crippen molar-refractivity contribution in [3.8, 4) is 0 Å². The van der Waals surface area contributed by atoms with Gasteiger partial charge in [0.15, 0.2) is 5.65 Å². The van der Waals surface area contributed by atoms with E-state index in [4.69, 9.17) is 10.7 Å². The molecule has 1 aliphatic carbocycles. The van der Waals surface area contributed by atoms with Crippen molar-refractivity contribution in [2.75, 3.05) is 17.7 Å². The summed E-state index contributed by atoms with van der Waals surface area (Å²) in [5.41, 5.74) is 11.7. The zero-order valence-corrected chi connectivity index (χ0v) is 15.0. The summed E-state index contributed by atoms with van der Waals surface area (Å²) in [5, 5.41) is 11.1. The predicted octanol–water partition coefficient (Wildman–Crippen LogP) is 3.58. The Morgan fingerprint density at radius 1 is 1.31 bits per heavy atom. The molecule has 0 amide bonds. The van der Waals surface area contributed by atoms with E-state index in [1.54, 1.807) is 16.8 Å². The van der Waals surface area contributed by atoms with Gasteiger partial charge in [0.2, 0.25) is 0 Å². The lowest BCUT2D eigenvalue weighted by Crippen LogP contribution is -2.10. The Hall–Kier alpha value is -2.86. The highest BCUT2D eigenvalue weighted by molar-refractivity contribution is 5.68. The first-order chi connectivity index (χ1) is 12.7. The fourth-order valence-electron chi connectivity index (χ4n) is 3.62. The van der Waals surface area contributed by atoms with Crippen LogP contribution in [-0.2, 0) is 12.8 Å². The van der Waals surface area contributed by atoms with Crippen LogP contribution in [0.25, 0.3) is 5.65 Å². The molecule has 0 radical (unpaired) electrons. The Morgan fingerprint density at radius 2 is 2.15 bits per heavy atom. The minimum Gasteiger partial charge on any atom is -0.373 e. The predicted molar refractivity (Wildman–Crippen MR) is 106 cm³/mol. The number of rotatable bonds is 5. The quantitative estimate of drug-likeness (QED) is 0.614. The molecule has 26 heavy (non-hydrogen) atoms. The van der Waals surface area contributed by atoms with Crippen LogP contribution < -0.4 is 16.4 Å². The van der Waals surface area contributed by atoms with Crippen LogP contribution in [0, 0.1) is 0 Å². The molecule has 4 rings (SSSR count).